The van der Waals surface area contributed by atoms with Gasteiger partial charge in [0.15, 0.2) is 0 Å². The molecule has 7 heteroatoms. The predicted octanol–water partition coefficient (Wildman–Crippen LogP) is 4.95. The Bertz CT molecular complexity index is 1270. The lowest BCUT2D eigenvalue weighted by molar-refractivity contribution is -0.115. The summed E-state index contributed by atoms with van der Waals surface area (Å²) in [4.78, 5) is 24.4. The Hall–Kier alpha value is -3.77. The summed E-state index contributed by atoms with van der Waals surface area (Å²) in [5.74, 6) is -0.492. The predicted molar refractivity (Wildman–Crippen MR) is 119 cm³/mol. The van der Waals surface area contributed by atoms with E-state index in [0.29, 0.717) is 28.3 Å². The third kappa shape index (κ3) is 4.87. The highest BCUT2D eigenvalue weighted by Gasteiger charge is 2.20. The standard InChI is InChI=1S/C24H19ClN2O4/c25-17-7-3-6-16(11-17)14-30-18-8-4-5-15(12-18)13-21(28)27-22-19-9-1-2-10-20(19)31-23(22)24(26)29/h1-12H,13-14H2,(H2,26,29)(H,27,28). The van der Waals surface area contributed by atoms with E-state index in [-0.39, 0.29) is 23.8 Å². The first-order valence-electron chi connectivity index (χ1n) is 9.57. The molecule has 3 aromatic carbocycles. The van der Waals surface area contributed by atoms with Gasteiger partial charge in [-0.15, -0.1) is 0 Å². The normalized spacial score (nSPS) is 10.7. The van der Waals surface area contributed by atoms with Crippen LogP contribution in [0, 0.1) is 0 Å². The van der Waals surface area contributed by atoms with E-state index in [1.54, 1.807) is 36.4 Å². The van der Waals surface area contributed by atoms with Gasteiger partial charge in [-0.25, -0.2) is 0 Å². The molecule has 3 N–H and O–H groups in total. The molecule has 0 radical (unpaired) electrons. The van der Waals surface area contributed by atoms with E-state index < -0.39 is 5.91 Å². The number of carbonyl (C=O) groups is 2. The zero-order chi connectivity index (χ0) is 21.8. The smallest absolute Gasteiger partial charge is 0.286 e. The molecular formula is C24H19ClN2O4. The highest BCUT2D eigenvalue weighted by Crippen LogP contribution is 2.30. The largest absolute Gasteiger partial charge is 0.489 e. The lowest BCUT2D eigenvalue weighted by Gasteiger charge is -2.09. The second kappa shape index (κ2) is 8.93. The van der Waals surface area contributed by atoms with Gasteiger partial charge in [0.25, 0.3) is 5.91 Å². The van der Waals surface area contributed by atoms with Crippen molar-refractivity contribution in [1.82, 2.24) is 0 Å². The van der Waals surface area contributed by atoms with Crippen LogP contribution in [0.15, 0.2) is 77.2 Å². The summed E-state index contributed by atoms with van der Waals surface area (Å²) in [6.45, 7) is 0.360. The molecule has 31 heavy (non-hydrogen) atoms. The maximum Gasteiger partial charge on any atom is 0.286 e. The number of halogens is 1. The molecule has 156 valence electrons. The number of hydrogen-bond donors (Lipinski definition) is 2. The van der Waals surface area contributed by atoms with Crippen molar-refractivity contribution in [2.24, 2.45) is 5.73 Å². The summed E-state index contributed by atoms with van der Waals surface area (Å²) in [5.41, 5.74) is 7.87. The monoisotopic (exact) mass is 434 g/mol. The summed E-state index contributed by atoms with van der Waals surface area (Å²) in [6.07, 6.45) is 0.0894. The Kier molecular flexibility index (Phi) is 5.91. The van der Waals surface area contributed by atoms with Gasteiger partial charge >= 0.3 is 0 Å². The molecule has 1 heterocycles. The van der Waals surface area contributed by atoms with Crippen LogP contribution >= 0.6 is 11.6 Å². The van der Waals surface area contributed by atoms with Crippen LogP contribution in [0.25, 0.3) is 11.0 Å². The van der Waals surface area contributed by atoms with Gasteiger partial charge in [-0.05, 0) is 47.5 Å². The average molecular weight is 435 g/mol. The third-order valence-corrected chi connectivity index (χ3v) is 4.88. The van der Waals surface area contributed by atoms with Gasteiger partial charge in [0.2, 0.25) is 11.7 Å². The highest BCUT2D eigenvalue weighted by atomic mass is 35.5. The molecule has 0 saturated heterocycles. The van der Waals surface area contributed by atoms with E-state index in [4.69, 9.17) is 26.5 Å². The van der Waals surface area contributed by atoms with E-state index in [1.165, 1.54) is 0 Å². The Morgan fingerprint density at radius 1 is 0.968 bits per heavy atom. The summed E-state index contributed by atoms with van der Waals surface area (Å²) in [5, 5.41) is 4.02. The number of anilines is 1. The number of amides is 2. The zero-order valence-corrected chi connectivity index (χ0v) is 17.2. The summed E-state index contributed by atoms with van der Waals surface area (Å²) in [6, 6.07) is 21.7. The number of primary amides is 1. The molecule has 0 aliphatic rings. The maximum absolute atomic E-state index is 12.7. The number of fused-ring (bicyclic) bond motifs is 1. The molecule has 0 aliphatic carbocycles. The van der Waals surface area contributed by atoms with Crippen molar-refractivity contribution >= 4 is 40.1 Å². The minimum absolute atomic E-state index is 0.0758. The zero-order valence-electron chi connectivity index (χ0n) is 16.4. The molecule has 0 fully saturated rings. The van der Waals surface area contributed by atoms with Gasteiger partial charge in [0.05, 0.1) is 6.42 Å². The van der Waals surface area contributed by atoms with Crippen LogP contribution in [0.5, 0.6) is 5.75 Å². The fraction of sp³-hybridized carbons (Fsp3) is 0.0833. The molecule has 1 aromatic heterocycles. The first-order valence-corrected chi connectivity index (χ1v) is 9.95. The third-order valence-electron chi connectivity index (χ3n) is 4.64. The minimum Gasteiger partial charge on any atom is -0.489 e. The van der Waals surface area contributed by atoms with E-state index in [9.17, 15) is 9.59 Å². The van der Waals surface area contributed by atoms with Crippen LogP contribution < -0.4 is 15.8 Å². The second-order valence-corrected chi connectivity index (χ2v) is 7.39. The molecule has 0 aliphatic heterocycles. The van der Waals surface area contributed by atoms with Crippen molar-refractivity contribution in [1.29, 1.82) is 0 Å². The molecule has 0 bridgehead atoms. The molecule has 0 unspecified atom stereocenters. The summed E-state index contributed by atoms with van der Waals surface area (Å²) >= 11 is 6.00. The second-order valence-electron chi connectivity index (χ2n) is 6.96. The molecule has 0 spiro atoms. The molecular weight excluding hydrogens is 416 g/mol. The number of hydrogen-bond acceptors (Lipinski definition) is 4. The fourth-order valence-corrected chi connectivity index (χ4v) is 3.46. The molecule has 4 aromatic rings. The molecule has 0 saturated carbocycles. The number of ether oxygens (including phenoxy) is 1. The average Bonchev–Trinajstić information content (AvgIpc) is 3.11. The topological polar surface area (TPSA) is 94.6 Å². The first kappa shape index (κ1) is 20.5. The van der Waals surface area contributed by atoms with Gasteiger partial charge in [0, 0.05) is 10.4 Å². The van der Waals surface area contributed by atoms with Crippen LogP contribution in [-0.4, -0.2) is 11.8 Å². The van der Waals surface area contributed by atoms with Crippen LogP contribution in [0.1, 0.15) is 21.7 Å². The lowest BCUT2D eigenvalue weighted by Crippen LogP contribution is -2.18. The van der Waals surface area contributed by atoms with E-state index in [1.807, 2.05) is 36.4 Å². The Labute approximate surface area is 183 Å². The summed E-state index contributed by atoms with van der Waals surface area (Å²) in [7, 11) is 0. The van der Waals surface area contributed by atoms with Gasteiger partial charge in [-0.1, -0.05) is 48.0 Å². The number of para-hydroxylation sites is 1. The Morgan fingerprint density at radius 3 is 2.55 bits per heavy atom. The molecule has 2 amide bonds. The van der Waals surface area contributed by atoms with Crippen molar-refractivity contribution in [3.8, 4) is 5.75 Å². The van der Waals surface area contributed by atoms with Gasteiger partial charge in [-0.2, -0.15) is 0 Å². The van der Waals surface area contributed by atoms with Crippen molar-refractivity contribution < 1.29 is 18.7 Å². The SMILES string of the molecule is NC(=O)c1oc2ccccc2c1NC(=O)Cc1cccc(OCc2cccc(Cl)c2)c1. The Balaban J connectivity index is 1.46. The van der Waals surface area contributed by atoms with Crippen molar-refractivity contribution in [3.05, 3.63) is 94.7 Å². The highest BCUT2D eigenvalue weighted by molar-refractivity contribution is 6.30. The van der Waals surface area contributed by atoms with E-state index >= 15 is 0 Å². The maximum atomic E-state index is 12.7. The minimum atomic E-state index is -0.747. The van der Waals surface area contributed by atoms with Crippen LogP contribution in [0.3, 0.4) is 0 Å². The Morgan fingerprint density at radius 2 is 1.74 bits per heavy atom. The van der Waals surface area contributed by atoms with E-state index in [0.717, 1.165) is 11.1 Å². The number of nitrogens with two attached hydrogens (primary N) is 1. The number of carbonyl (C=O) groups excluding carboxylic acids is 2. The van der Waals surface area contributed by atoms with Gasteiger partial charge in [-0.3, -0.25) is 9.59 Å². The van der Waals surface area contributed by atoms with Crippen LogP contribution in [0.2, 0.25) is 5.02 Å². The summed E-state index contributed by atoms with van der Waals surface area (Å²) < 4.78 is 11.3. The van der Waals surface area contributed by atoms with E-state index in [2.05, 4.69) is 5.32 Å². The quantitative estimate of drug-likeness (QED) is 0.430. The fourth-order valence-electron chi connectivity index (χ4n) is 3.25. The van der Waals surface area contributed by atoms with Gasteiger partial charge in [0.1, 0.15) is 23.6 Å². The first-order chi connectivity index (χ1) is 15.0. The van der Waals surface area contributed by atoms with Gasteiger partial charge < -0.3 is 20.2 Å². The molecule has 6 nitrogen and oxygen atoms in total. The number of rotatable bonds is 7. The van der Waals surface area contributed by atoms with Crippen LogP contribution in [-0.2, 0) is 17.8 Å². The molecule has 0 atom stereocenters. The van der Waals surface area contributed by atoms with Crippen LogP contribution in [0.4, 0.5) is 5.69 Å². The number of benzene rings is 3. The lowest BCUT2D eigenvalue weighted by atomic mass is 10.1. The molecule has 4 rings (SSSR count). The number of nitrogens with one attached hydrogen (secondary N) is 1. The van der Waals surface area contributed by atoms with Crippen molar-refractivity contribution in [3.63, 3.8) is 0 Å². The van der Waals surface area contributed by atoms with Crippen molar-refractivity contribution in [2.45, 2.75) is 13.0 Å². The van der Waals surface area contributed by atoms with Crippen molar-refractivity contribution in [2.75, 3.05) is 5.32 Å². The number of furan rings is 1.